The van der Waals surface area contributed by atoms with Gasteiger partial charge in [-0.25, -0.2) is 15.0 Å². The maximum absolute atomic E-state index is 4.62. The first-order valence-electron chi connectivity index (χ1n) is 7.52. The van der Waals surface area contributed by atoms with Crippen LogP contribution in [0.25, 0.3) is 11.2 Å². The van der Waals surface area contributed by atoms with Crippen molar-refractivity contribution in [2.24, 2.45) is 5.92 Å². The van der Waals surface area contributed by atoms with Gasteiger partial charge in [0, 0.05) is 5.92 Å². The highest BCUT2D eigenvalue weighted by Gasteiger charge is 2.24. The van der Waals surface area contributed by atoms with Crippen LogP contribution in [0.15, 0.2) is 12.5 Å². The molecule has 2 aromatic heterocycles. The van der Waals surface area contributed by atoms with Crippen molar-refractivity contribution in [3.63, 3.8) is 0 Å². The number of hydrogen-bond acceptors (Lipinski definition) is 3. The third kappa shape index (κ3) is 2.77. The fraction of sp³-hybridized carbons (Fsp3) is 0.667. The third-order valence-corrected chi connectivity index (χ3v) is 4.38. The summed E-state index contributed by atoms with van der Waals surface area (Å²) in [4.78, 5) is 16.2. The molecule has 1 aliphatic rings. The van der Waals surface area contributed by atoms with E-state index in [4.69, 9.17) is 0 Å². The molecule has 2 aromatic rings. The number of hydrogen-bond donors (Lipinski definition) is 1. The molecule has 3 rings (SSSR count). The Hall–Kier alpha value is -1.45. The number of aromatic amines is 1. The highest BCUT2D eigenvalue weighted by atomic mass is 15.0. The van der Waals surface area contributed by atoms with E-state index in [1.54, 1.807) is 6.33 Å². The van der Waals surface area contributed by atoms with E-state index in [1.165, 1.54) is 44.9 Å². The smallest absolute Gasteiger partial charge is 0.180 e. The van der Waals surface area contributed by atoms with Gasteiger partial charge in [0.2, 0.25) is 0 Å². The van der Waals surface area contributed by atoms with Crippen LogP contribution in [0.1, 0.15) is 63.6 Å². The van der Waals surface area contributed by atoms with E-state index in [0.717, 1.165) is 22.9 Å². The van der Waals surface area contributed by atoms with Gasteiger partial charge in [0.25, 0.3) is 0 Å². The Morgan fingerprint density at radius 3 is 2.84 bits per heavy atom. The molecule has 0 radical (unpaired) electrons. The number of H-pyrrole nitrogens is 1. The largest absolute Gasteiger partial charge is 0.339 e. The molecule has 1 fully saturated rings. The van der Waals surface area contributed by atoms with E-state index in [0.29, 0.717) is 5.92 Å². The SMILES string of the molecule is CCCCC1CCC(c2nc3ncncc3[nH]2)CC1. The maximum Gasteiger partial charge on any atom is 0.180 e. The summed E-state index contributed by atoms with van der Waals surface area (Å²) in [6.45, 7) is 2.28. The standard InChI is InChI=1S/C15H22N4/c1-2-3-4-11-5-7-12(8-6-11)14-18-13-9-16-10-17-15(13)19-14/h9-12H,2-8H2,1H3,(H,16,17,18,19). The minimum Gasteiger partial charge on any atom is -0.339 e. The number of nitrogens with one attached hydrogen (secondary N) is 1. The lowest BCUT2D eigenvalue weighted by molar-refractivity contribution is 0.299. The lowest BCUT2D eigenvalue weighted by Crippen LogP contribution is -2.14. The maximum atomic E-state index is 4.62. The van der Waals surface area contributed by atoms with Crippen molar-refractivity contribution in [2.45, 2.75) is 57.8 Å². The second kappa shape index (κ2) is 5.68. The monoisotopic (exact) mass is 258 g/mol. The van der Waals surface area contributed by atoms with E-state index in [-0.39, 0.29) is 0 Å². The van der Waals surface area contributed by atoms with Crippen LogP contribution in [0.3, 0.4) is 0 Å². The van der Waals surface area contributed by atoms with E-state index < -0.39 is 0 Å². The van der Waals surface area contributed by atoms with Crippen molar-refractivity contribution in [1.29, 1.82) is 0 Å². The molecule has 102 valence electrons. The summed E-state index contributed by atoms with van der Waals surface area (Å²) in [6.07, 6.45) is 12.7. The zero-order chi connectivity index (χ0) is 13.1. The van der Waals surface area contributed by atoms with Crippen LogP contribution in [0.4, 0.5) is 0 Å². The molecule has 0 aliphatic heterocycles. The van der Waals surface area contributed by atoms with Gasteiger partial charge in [0.05, 0.1) is 6.20 Å². The van der Waals surface area contributed by atoms with Crippen molar-refractivity contribution < 1.29 is 0 Å². The molecule has 0 saturated heterocycles. The first kappa shape index (κ1) is 12.6. The van der Waals surface area contributed by atoms with Crippen LogP contribution in [-0.4, -0.2) is 19.9 Å². The van der Waals surface area contributed by atoms with Crippen molar-refractivity contribution in [3.8, 4) is 0 Å². The van der Waals surface area contributed by atoms with Crippen LogP contribution in [0.5, 0.6) is 0 Å². The first-order valence-corrected chi connectivity index (χ1v) is 7.52. The third-order valence-electron chi connectivity index (χ3n) is 4.38. The molecule has 0 unspecified atom stereocenters. The average Bonchev–Trinajstić information content (AvgIpc) is 2.89. The van der Waals surface area contributed by atoms with Crippen LogP contribution in [0, 0.1) is 5.92 Å². The predicted octanol–water partition coefficient (Wildman–Crippen LogP) is 3.82. The van der Waals surface area contributed by atoms with Crippen LogP contribution < -0.4 is 0 Å². The number of imidazole rings is 1. The summed E-state index contributed by atoms with van der Waals surface area (Å²) in [7, 11) is 0. The molecule has 1 aliphatic carbocycles. The molecule has 0 bridgehead atoms. The molecule has 0 amide bonds. The molecule has 2 heterocycles. The Morgan fingerprint density at radius 2 is 2.11 bits per heavy atom. The zero-order valence-corrected chi connectivity index (χ0v) is 11.6. The fourth-order valence-corrected chi connectivity index (χ4v) is 3.19. The molecule has 0 atom stereocenters. The normalized spacial score (nSPS) is 23.8. The van der Waals surface area contributed by atoms with Gasteiger partial charge < -0.3 is 4.98 Å². The Kier molecular flexibility index (Phi) is 3.76. The number of rotatable bonds is 4. The summed E-state index contributed by atoms with van der Waals surface area (Å²) in [6, 6.07) is 0. The summed E-state index contributed by atoms with van der Waals surface area (Å²) >= 11 is 0. The molecule has 4 heteroatoms. The minimum absolute atomic E-state index is 0.590. The predicted molar refractivity (Wildman–Crippen MR) is 75.9 cm³/mol. The summed E-state index contributed by atoms with van der Waals surface area (Å²) in [5.74, 6) is 2.65. The van der Waals surface area contributed by atoms with Gasteiger partial charge >= 0.3 is 0 Å². The number of fused-ring (bicyclic) bond motifs is 1. The zero-order valence-electron chi connectivity index (χ0n) is 11.6. The molecule has 1 saturated carbocycles. The summed E-state index contributed by atoms with van der Waals surface area (Å²) in [5.41, 5.74) is 1.77. The van der Waals surface area contributed by atoms with Gasteiger partial charge in [0.15, 0.2) is 5.65 Å². The van der Waals surface area contributed by atoms with Gasteiger partial charge in [-0.05, 0) is 31.6 Å². The van der Waals surface area contributed by atoms with E-state index in [1.807, 2.05) is 6.20 Å². The van der Waals surface area contributed by atoms with Crippen molar-refractivity contribution in [2.75, 3.05) is 0 Å². The summed E-state index contributed by atoms with van der Waals surface area (Å²) in [5, 5.41) is 0. The second-order valence-corrected chi connectivity index (χ2v) is 5.74. The highest BCUT2D eigenvalue weighted by Crippen LogP contribution is 2.36. The molecular weight excluding hydrogens is 236 g/mol. The summed E-state index contributed by atoms with van der Waals surface area (Å²) < 4.78 is 0. The van der Waals surface area contributed by atoms with Crippen molar-refractivity contribution >= 4 is 11.2 Å². The van der Waals surface area contributed by atoms with E-state index in [2.05, 4.69) is 26.9 Å². The van der Waals surface area contributed by atoms with Gasteiger partial charge in [0.1, 0.15) is 17.7 Å². The second-order valence-electron chi connectivity index (χ2n) is 5.74. The highest BCUT2D eigenvalue weighted by molar-refractivity contribution is 5.68. The Labute approximate surface area is 114 Å². The molecule has 4 nitrogen and oxygen atoms in total. The first-order chi connectivity index (χ1) is 9.36. The number of aromatic nitrogens is 4. The van der Waals surface area contributed by atoms with Gasteiger partial charge in [-0.15, -0.1) is 0 Å². The molecule has 19 heavy (non-hydrogen) atoms. The fourth-order valence-electron chi connectivity index (χ4n) is 3.19. The van der Waals surface area contributed by atoms with E-state index in [9.17, 15) is 0 Å². The molecule has 0 spiro atoms. The van der Waals surface area contributed by atoms with Crippen LogP contribution >= 0.6 is 0 Å². The van der Waals surface area contributed by atoms with Gasteiger partial charge in [-0.3, -0.25) is 0 Å². The Bertz CT molecular complexity index is 493. The molecule has 0 aromatic carbocycles. The Morgan fingerprint density at radius 1 is 1.26 bits per heavy atom. The number of unbranched alkanes of at least 4 members (excludes halogenated alkanes) is 1. The Balaban J connectivity index is 1.64. The van der Waals surface area contributed by atoms with E-state index >= 15 is 0 Å². The number of nitrogens with zero attached hydrogens (tertiary/aromatic N) is 3. The molecule has 1 N–H and O–H groups in total. The topological polar surface area (TPSA) is 54.5 Å². The average molecular weight is 258 g/mol. The minimum atomic E-state index is 0.590. The lowest BCUT2D eigenvalue weighted by atomic mass is 9.79. The van der Waals surface area contributed by atoms with Crippen LogP contribution in [0.2, 0.25) is 0 Å². The quantitative estimate of drug-likeness (QED) is 0.907. The van der Waals surface area contributed by atoms with Crippen molar-refractivity contribution in [1.82, 2.24) is 19.9 Å². The van der Waals surface area contributed by atoms with Gasteiger partial charge in [-0.2, -0.15) is 0 Å². The van der Waals surface area contributed by atoms with Gasteiger partial charge in [-0.1, -0.05) is 26.2 Å². The molecular formula is C15H22N4. The van der Waals surface area contributed by atoms with Crippen molar-refractivity contribution in [3.05, 3.63) is 18.3 Å². The lowest BCUT2D eigenvalue weighted by Gasteiger charge is -2.27. The van der Waals surface area contributed by atoms with Crippen LogP contribution in [-0.2, 0) is 0 Å².